The first-order valence-corrected chi connectivity index (χ1v) is 24.9. The van der Waals surface area contributed by atoms with E-state index in [-0.39, 0.29) is 0 Å². The highest BCUT2D eigenvalue weighted by Crippen LogP contribution is 2.45. The molecule has 2 saturated carbocycles. The number of nitrogens with zero attached hydrogens (tertiary/aromatic N) is 2. The molecule has 2 aliphatic carbocycles. The molecule has 2 heteroatoms. The Morgan fingerprint density at radius 3 is 0.882 bits per heavy atom. The maximum atomic E-state index is 2.43. The molecule has 2 fully saturated rings. The number of fused-ring (bicyclic) bond motifs is 1. The highest BCUT2D eigenvalue weighted by atomic mass is 15.2. The van der Waals surface area contributed by atoms with Crippen LogP contribution in [0.1, 0.15) is 109 Å². The summed E-state index contributed by atoms with van der Waals surface area (Å²) in [4.78, 5) is 4.87. The first-order chi connectivity index (χ1) is 33.5. The Bertz CT molecular complexity index is 2840. The average molecular weight is 883 g/mol. The van der Waals surface area contributed by atoms with Crippen molar-refractivity contribution in [2.45, 2.75) is 78.1 Å². The van der Waals surface area contributed by atoms with Gasteiger partial charge in [-0.1, -0.05) is 193 Å². The minimum absolute atomic E-state index is 1.11. The zero-order chi connectivity index (χ0) is 46.1. The van der Waals surface area contributed by atoms with Crippen LogP contribution in [-0.4, -0.2) is 0 Å². The fourth-order valence-corrected chi connectivity index (χ4v) is 9.93. The Morgan fingerprint density at radius 1 is 0.294 bits per heavy atom. The molecular weight excluding hydrogens is 821 g/mol. The number of rotatable bonds is 12. The molecule has 336 valence electrons. The highest BCUT2D eigenvalue weighted by Gasteiger charge is 2.21. The topological polar surface area (TPSA) is 6.48 Å². The summed E-state index contributed by atoms with van der Waals surface area (Å²) >= 11 is 0. The number of anilines is 6. The van der Waals surface area contributed by atoms with Crippen molar-refractivity contribution < 1.29 is 0 Å². The van der Waals surface area contributed by atoms with E-state index in [2.05, 4.69) is 242 Å². The fraction of sp³-hybridized carbons (Fsp3) is 0.182. The van der Waals surface area contributed by atoms with Gasteiger partial charge in [0.1, 0.15) is 0 Å². The summed E-state index contributed by atoms with van der Waals surface area (Å²) in [7, 11) is 0. The largest absolute Gasteiger partial charge is 0.310 e. The molecule has 0 spiro atoms. The number of hydrogen-bond acceptors (Lipinski definition) is 2. The van der Waals surface area contributed by atoms with Crippen LogP contribution in [-0.2, 0) is 0 Å². The molecule has 0 N–H and O–H groups in total. The van der Waals surface area contributed by atoms with Crippen LogP contribution in [0.4, 0.5) is 34.1 Å². The van der Waals surface area contributed by atoms with Crippen molar-refractivity contribution >= 4 is 81.4 Å². The van der Waals surface area contributed by atoms with Gasteiger partial charge in [-0.05, 0) is 159 Å². The monoisotopic (exact) mass is 882 g/mol. The second-order valence-electron chi connectivity index (χ2n) is 18.9. The van der Waals surface area contributed by atoms with Crippen LogP contribution in [0.25, 0.3) is 47.2 Å². The lowest BCUT2D eigenvalue weighted by atomic mass is 9.93. The molecule has 0 aromatic heterocycles. The summed E-state index contributed by atoms with van der Waals surface area (Å²) < 4.78 is 0. The van der Waals surface area contributed by atoms with Gasteiger partial charge in [0.15, 0.2) is 0 Å². The van der Waals surface area contributed by atoms with E-state index in [9.17, 15) is 0 Å². The van der Waals surface area contributed by atoms with E-state index in [1.165, 1.54) is 108 Å². The van der Waals surface area contributed by atoms with E-state index in [0.29, 0.717) is 0 Å². The molecule has 0 saturated heterocycles. The Balaban J connectivity index is 1.05. The minimum atomic E-state index is 1.11. The molecule has 0 atom stereocenters. The van der Waals surface area contributed by atoms with Gasteiger partial charge >= 0.3 is 0 Å². The second-order valence-corrected chi connectivity index (χ2v) is 18.9. The van der Waals surface area contributed by atoms with Crippen molar-refractivity contribution in [1.82, 2.24) is 0 Å². The zero-order valence-corrected chi connectivity index (χ0v) is 39.8. The van der Waals surface area contributed by atoms with E-state index >= 15 is 0 Å². The quantitative estimate of drug-likeness (QED) is 0.113. The summed E-state index contributed by atoms with van der Waals surface area (Å²) in [6, 6.07) is 67.4. The van der Waals surface area contributed by atoms with E-state index in [1.807, 2.05) is 0 Å². The predicted octanol–water partition coefficient (Wildman–Crippen LogP) is 19.4. The molecule has 0 radical (unpaired) electrons. The molecule has 0 amide bonds. The lowest BCUT2D eigenvalue weighted by Crippen LogP contribution is -2.13. The molecule has 0 bridgehead atoms. The van der Waals surface area contributed by atoms with Gasteiger partial charge < -0.3 is 9.80 Å². The molecule has 2 aliphatic rings. The molecule has 8 aromatic rings. The smallest absolute Gasteiger partial charge is 0.0541 e. The van der Waals surface area contributed by atoms with E-state index in [1.54, 1.807) is 11.1 Å². The summed E-state index contributed by atoms with van der Waals surface area (Å²) in [5.41, 5.74) is 19.7. The Kier molecular flexibility index (Phi) is 13.7. The fourth-order valence-electron chi connectivity index (χ4n) is 9.93. The first kappa shape index (κ1) is 44.4. The normalized spacial score (nSPS) is 14.1. The molecule has 0 unspecified atom stereocenters. The summed E-state index contributed by atoms with van der Waals surface area (Å²) in [5, 5.41) is 2.37. The molecule has 0 heterocycles. The summed E-state index contributed by atoms with van der Waals surface area (Å²) in [5.74, 6) is 0. The van der Waals surface area contributed by atoms with E-state index < -0.39 is 0 Å². The Labute approximate surface area is 405 Å². The van der Waals surface area contributed by atoms with Crippen molar-refractivity contribution in [3.63, 3.8) is 0 Å². The molecule has 10 rings (SSSR count). The van der Waals surface area contributed by atoms with Crippen LogP contribution < -0.4 is 9.80 Å². The van der Waals surface area contributed by atoms with Gasteiger partial charge in [0.2, 0.25) is 0 Å². The number of benzene rings is 8. The third-order valence-corrected chi connectivity index (χ3v) is 13.8. The van der Waals surface area contributed by atoms with Gasteiger partial charge in [0.25, 0.3) is 0 Å². The Morgan fingerprint density at radius 2 is 0.574 bits per heavy atom. The lowest BCUT2D eigenvalue weighted by Gasteiger charge is -2.31. The van der Waals surface area contributed by atoms with E-state index in [4.69, 9.17) is 0 Å². The number of allylic oxidation sites excluding steroid dienone is 2. The van der Waals surface area contributed by atoms with Gasteiger partial charge in [-0.3, -0.25) is 0 Å². The molecular formula is C66H62N2. The van der Waals surface area contributed by atoms with Crippen LogP contribution in [0.15, 0.2) is 193 Å². The Hall–Kier alpha value is -7.42. The van der Waals surface area contributed by atoms with Gasteiger partial charge in [-0.15, -0.1) is 0 Å². The van der Waals surface area contributed by atoms with Crippen LogP contribution in [0.3, 0.4) is 0 Å². The van der Waals surface area contributed by atoms with Gasteiger partial charge in [-0.2, -0.15) is 0 Å². The highest BCUT2D eigenvalue weighted by molar-refractivity contribution is 6.07. The third kappa shape index (κ3) is 10.7. The number of hydrogen-bond donors (Lipinski definition) is 0. The minimum Gasteiger partial charge on any atom is -0.310 e. The standard InChI is InChI=1S/C66H62N2/c1-49-17-21-51(22-18-49)25-27-53-29-37-59(38-30-53)67(61-41-33-57(34-42-61)47-55-11-5-3-6-12-55)65-45-46-66(64-16-10-9-15-63(64)65)68(62-43-35-58(36-44-62)48-56-13-7-4-8-14-56)60-39-31-54(32-40-60)28-26-52-23-19-50(2)20-24-52/h9-10,15-48H,3-8,11-14H2,1-2H3. The van der Waals surface area contributed by atoms with Crippen molar-refractivity contribution in [3.05, 3.63) is 238 Å². The average Bonchev–Trinajstić information content (AvgIpc) is 3.39. The molecule has 0 aliphatic heterocycles. The van der Waals surface area contributed by atoms with Crippen LogP contribution >= 0.6 is 0 Å². The van der Waals surface area contributed by atoms with Crippen molar-refractivity contribution in [2.75, 3.05) is 9.80 Å². The molecule has 68 heavy (non-hydrogen) atoms. The van der Waals surface area contributed by atoms with Crippen molar-refractivity contribution in [3.8, 4) is 0 Å². The predicted molar refractivity (Wildman–Crippen MR) is 296 cm³/mol. The maximum absolute atomic E-state index is 2.43. The van der Waals surface area contributed by atoms with Crippen LogP contribution in [0.2, 0.25) is 0 Å². The summed E-state index contributed by atoms with van der Waals surface area (Å²) in [6.45, 7) is 4.26. The zero-order valence-electron chi connectivity index (χ0n) is 39.8. The maximum Gasteiger partial charge on any atom is 0.0541 e. The second kappa shape index (κ2) is 21.0. The summed E-state index contributed by atoms with van der Waals surface area (Å²) in [6.07, 6.45) is 26.4. The van der Waals surface area contributed by atoms with Crippen LogP contribution in [0.5, 0.6) is 0 Å². The van der Waals surface area contributed by atoms with Crippen molar-refractivity contribution in [1.29, 1.82) is 0 Å². The third-order valence-electron chi connectivity index (χ3n) is 13.8. The van der Waals surface area contributed by atoms with Gasteiger partial charge in [-0.25, -0.2) is 0 Å². The molecule has 2 nitrogen and oxygen atoms in total. The van der Waals surface area contributed by atoms with Crippen LogP contribution in [0, 0.1) is 13.8 Å². The SMILES string of the molecule is Cc1ccc(C=Cc2ccc(N(c3ccc(C=C4CCCCC4)cc3)c3ccc(N(c4ccc(C=Cc5ccc(C)cc5)cc4)c4ccc(C=C5CCCCC5)cc4)c4ccccc34)cc2)cc1. The van der Waals surface area contributed by atoms with Gasteiger partial charge in [0, 0.05) is 33.5 Å². The van der Waals surface area contributed by atoms with Gasteiger partial charge in [0.05, 0.1) is 11.4 Å². The van der Waals surface area contributed by atoms with Crippen molar-refractivity contribution in [2.24, 2.45) is 0 Å². The number of aryl methyl sites for hydroxylation is 2. The first-order valence-electron chi connectivity index (χ1n) is 24.9. The lowest BCUT2D eigenvalue weighted by molar-refractivity contribution is 0.602. The molecule has 8 aromatic carbocycles. The van der Waals surface area contributed by atoms with E-state index in [0.717, 1.165) is 45.3 Å².